The Kier molecular flexibility index (Phi) is 4.83. The second-order valence-corrected chi connectivity index (χ2v) is 5.65. The number of carboxylic acid groups (broad SMARTS) is 1. The molecule has 0 aromatic heterocycles. The van der Waals surface area contributed by atoms with E-state index in [2.05, 4.69) is 12.2 Å². The van der Waals surface area contributed by atoms with Crippen molar-refractivity contribution in [3.63, 3.8) is 0 Å². The molecule has 1 fully saturated rings. The number of carbonyl (C=O) groups is 2. The van der Waals surface area contributed by atoms with E-state index in [4.69, 9.17) is 5.11 Å². The number of benzene rings is 1. The molecule has 5 heteroatoms. The molecule has 21 heavy (non-hydrogen) atoms. The molecule has 1 aromatic rings. The number of aryl methyl sites for hydroxylation is 1. The van der Waals surface area contributed by atoms with Gasteiger partial charge in [0.15, 0.2) is 0 Å². The number of rotatable bonds is 4. The lowest BCUT2D eigenvalue weighted by atomic mass is 10.0. The maximum atomic E-state index is 12.2. The lowest BCUT2D eigenvalue weighted by Gasteiger charge is -2.17. The summed E-state index contributed by atoms with van der Waals surface area (Å²) in [5, 5.41) is 11.8. The predicted octanol–water partition coefficient (Wildman–Crippen LogP) is 3.35. The Morgan fingerprint density at radius 3 is 2.81 bits per heavy atom. The molecule has 2 amide bonds. The highest BCUT2D eigenvalue weighted by Gasteiger charge is 2.25. The third kappa shape index (κ3) is 3.74. The second kappa shape index (κ2) is 6.61. The Bertz CT molecular complexity index is 542. The van der Waals surface area contributed by atoms with E-state index in [1.54, 1.807) is 19.1 Å². The molecule has 0 spiro atoms. The lowest BCUT2D eigenvalue weighted by Crippen LogP contribution is -2.33. The highest BCUT2D eigenvalue weighted by atomic mass is 16.4. The van der Waals surface area contributed by atoms with Crippen LogP contribution >= 0.6 is 0 Å². The van der Waals surface area contributed by atoms with E-state index in [9.17, 15) is 9.59 Å². The minimum absolute atomic E-state index is 0.101. The monoisotopic (exact) mass is 290 g/mol. The number of hydrogen-bond acceptors (Lipinski definition) is 2. The molecule has 1 aliphatic rings. The Hall–Kier alpha value is -2.04. The van der Waals surface area contributed by atoms with E-state index >= 15 is 0 Å². The van der Waals surface area contributed by atoms with E-state index in [1.165, 1.54) is 6.07 Å². The van der Waals surface area contributed by atoms with Crippen LogP contribution < -0.4 is 5.32 Å². The van der Waals surface area contributed by atoms with Crippen LogP contribution in [0.1, 0.15) is 42.1 Å². The van der Waals surface area contributed by atoms with Crippen molar-refractivity contribution in [3.05, 3.63) is 29.3 Å². The third-order valence-corrected chi connectivity index (χ3v) is 3.98. The average Bonchev–Trinajstić information content (AvgIpc) is 2.87. The van der Waals surface area contributed by atoms with Crippen LogP contribution in [-0.4, -0.2) is 35.1 Å². The standard InChI is InChI=1S/C16H22N2O3/c1-3-4-12-7-8-18(10-12)16(21)17-13-5-6-14(15(19)20)11(2)9-13/h5-6,9,12H,3-4,7-8,10H2,1-2H3,(H,17,21)(H,19,20). The first kappa shape index (κ1) is 15.4. The predicted molar refractivity (Wildman–Crippen MR) is 81.7 cm³/mol. The van der Waals surface area contributed by atoms with Gasteiger partial charge in [0.1, 0.15) is 0 Å². The van der Waals surface area contributed by atoms with E-state index in [0.29, 0.717) is 17.2 Å². The molecule has 0 aliphatic carbocycles. The van der Waals surface area contributed by atoms with E-state index in [-0.39, 0.29) is 11.6 Å². The number of likely N-dealkylation sites (tertiary alicyclic amines) is 1. The zero-order chi connectivity index (χ0) is 15.4. The molecule has 5 nitrogen and oxygen atoms in total. The summed E-state index contributed by atoms with van der Waals surface area (Å²) < 4.78 is 0. The van der Waals surface area contributed by atoms with Gasteiger partial charge in [-0.1, -0.05) is 13.3 Å². The van der Waals surface area contributed by atoms with Gasteiger partial charge in [0.05, 0.1) is 5.56 Å². The van der Waals surface area contributed by atoms with Gasteiger partial charge in [0, 0.05) is 18.8 Å². The fraction of sp³-hybridized carbons (Fsp3) is 0.500. The molecule has 1 atom stereocenters. The number of hydrogen-bond donors (Lipinski definition) is 2. The summed E-state index contributed by atoms with van der Waals surface area (Å²) in [5.41, 5.74) is 1.55. The van der Waals surface area contributed by atoms with Gasteiger partial charge >= 0.3 is 12.0 Å². The average molecular weight is 290 g/mol. The Morgan fingerprint density at radius 1 is 1.43 bits per heavy atom. The number of nitrogens with zero attached hydrogens (tertiary/aromatic N) is 1. The van der Waals surface area contributed by atoms with E-state index < -0.39 is 5.97 Å². The lowest BCUT2D eigenvalue weighted by molar-refractivity contribution is 0.0696. The summed E-state index contributed by atoms with van der Waals surface area (Å²) in [4.78, 5) is 25.0. The van der Waals surface area contributed by atoms with Gasteiger partial charge in [-0.3, -0.25) is 0 Å². The van der Waals surface area contributed by atoms with Crippen LogP contribution in [0, 0.1) is 12.8 Å². The highest BCUT2D eigenvalue weighted by Crippen LogP contribution is 2.22. The van der Waals surface area contributed by atoms with Gasteiger partial charge in [0.25, 0.3) is 0 Å². The fourth-order valence-electron chi connectivity index (χ4n) is 2.84. The van der Waals surface area contributed by atoms with Crippen molar-refractivity contribution < 1.29 is 14.7 Å². The van der Waals surface area contributed by atoms with Crippen molar-refractivity contribution in [2.75, 3.05) is 18.4 Å². The minimum Gasteiger partial charge on any atom is -0.478 e. The minimum atomic E-state index is -0.952. The Morgan fingerprint density at radius 2 is 2.19 bits per heavy atom. The van der Waals surface area contributed by atoms with Gasteiger partial charge in [-0.25, -0.2) is 9.59 Å². The molecular formula is C16H22N2O3. The van der Waals surface area contributed by atoms with Gasteiger partial charge < -0.3 is 15.3 Å². The summed E-state index contributed by atoms with van der Waals surface area (Å²) in [6.07, 6.45) is 3.38. The quantitative estimate of drug-likeness (QED) is 0.893. The molecule has 1 heterocycles. The molecule has 1 aromatic carbocycles. The van der Waals surface area contributed by atoms with Crippen LogP contribution in [0.3, 0.4) is 0 Å². The smallest absolute Gasteiger partial charge is 0.335 e. The summed E-state index contributed by atoms with van der Waals surface area (Å²) in [6, 6.07) is 4.75. The van der Waals surface area contributed by atoms with Crippen LogP contribution in [0.5, 0.6) is 0 Å². The third-order valence-electron chi connectivity index (χ3n) is 3.98. The maximum absolute atomic E-state index is 12.2. The van der Waals surface area contributed by atoms with Crippen LogP contribution in [0.4, 0.5) is 10.5 Å². The number of nitrogens with one attached hydrogen (secondary N) is 1. The molecule has 0 saturated carbocycles. The first-order valence-corrected chi connectivity index (χ1v) is 7.41. The number of amides is 2. The summed E-state index contributed by atoms with van der Waals surface area (Å²) >= 11 is 0. The number of carboxylic acids is 1. The Balaban J connectivity index is 1.97. The number of carbonyl (C=O) groups excluding carboxylic acids is 1. The van der Waals surface area contributed by atoms with Crippen molar-refractivity contribution in [3.8, 4) is 0 Å². The van der Waals surface area contributed by atoms with E-state index in [1.807, 2.05) is 4.90 Å². The maximum Gasteiger partial charge on any atom is 0.335 e. The molecule has 0 bridgehead atoms. The molecule has 1 aliphatic heterocycles. The van der Waals surface area contributed by atoms with Gasteiger partial charge in [-0.15, -0.1) is 0 Å². The van der Waals surface area contributed by atoms with Crippen LogP contribution in [-0.2, 0) is 0 Å². The normalized spacial score (nSPS) is 17.8. The zero-order valence-electron chi connectivity index (χ0n) is 12.6. The summed E-state index contributed by atoms with van der Waals surface area (Å²) in [7, 11) is 0. The summed E-state index contributed by atoms with van der Waals surface area (Å²) in [5.74, 6) is -0.343. The van der Waals surface area contributed by atoms with Crippen molar-refractivity contribution in [1.29, 1.82) is 0 Å². The van der Waals surface area contributed by atoms with Crippen molar-refractivity contribution in [2.45, 2.75) is 33.1 Å². The van der Waals surface area contributed by atoms with Crippen LogP contribution in [0.25, 0.3) is 0 Å². The topological polar surface area (TPSA) is 69.6 Å². The molecule has 2 N–H and O–H groups in total. The second-order valence-electron chi connectivity index (χ2n) is 5.65. The Labute approximate surface area is 125 Å². The summed E-state index contributed by atoms with van der Waals surface area (Å²) in [6.45, 7) is 5.50. The molecular weight excluding hydrogens is 268 g/mol. The molecule has 0 radical (unpaired) electrons. The van der Waals surface area contributed by atoms with Crippen LogP contribution in [0.15, 0.2) is 18.2 Å². The largest absolute Gasteiger partial charge is 0.478 e. The van der Waals surface area contributed by atoms with Crippen LogP contribution in [0.2, 0.25) is 0 Å². The van der Waals surface area contributed by atoms with Crippen molar-refractivity contribution >= 4 is 17.7 Å². The zero-order valence-corrected chi connectivity index (χ0v) is 12.6. The van der Waals surface area contributed by atoms with Crippen molar-refractivity contribution in [1.82, 2.24) is 4.90 Å². The molecule has 2 rings (SSSR count). The number of urea groups is 1. The number of aromatic carboxylic acids is 1. The fourth-order valence-corrected chi connectivity index (χ4v) is 2.84. The first-order chi connectivity index (χ1) is 10.0. The van der Waals surface area contributed by atoms with Gasteiger partial charge in [-0.2, -0.15) is 0 Å². The van der Waals surface area contributed by atoms with E-state index in [0.717, 1.165) is 32.4 Å². The van der Waals surface area contributed by atoms with Gasteiger partial charge in [-0.05, 0) is 49.4 Å². The first-order valence-electron chi connectivity index (χ1n) is 7.41. The van der Waals surface area contributed by atoms with Gasteiger partial charge in [0.2, 0.25) is 0 Å². The molecule has 1 saturated heterocycles. The van der Waals surface area contributed by atoms with Crippen molar-refractivity contribution in [2.24, 2.45) is 5.92 Å². The molecule has 1 unspecified atom stereocenters. The number of anilines is 1. The SMILES string of the molecule is CCCC1CCN(C(=O)Nc2ccc(C(=O)O)c(C)c2)C1. The molecule has 114 valence electrons. The highest BCUT2D eigenvalue weighted by molar-refractivity contribution is 5.92.